The summed E-state index contributed by atoms with van der Waals surface area (Å²) in [6.07, 6.45) is 3.15. The number of rotatable bonds is 2. The number of urea groups is 1. The van der Waals surface area contributed by atoms with Crippen molar-refractivity contribution < 1.29 is 9.59 Å². The molecule has 0 aromatic heterocycles. The summed E-state index contributed by atoms with van der Waals surface area (Å²) in [4.78, 5) is 21.5. The van der Waals surface area contributed by atoms with Gasteiger partial charge in [0.25, 0.3) is 0 Å². The van der Waals surface area contributed by atoms with Crippen LogP contribution in [0.3, 0.4) is 0 Å². The monoisotopic (exact) mass is 190 g/mol. The Morgan fingerprint density at radius 2 is 2.08 bits per heavy atom. The molecule has 3 amide bonds. The number of hydrogen-bond acceptors (Lipinski definition) is 2. The van der Waals surface area contributed by atoms with Crippen molar-refractivity contribution in [2.45, 2.75) is 25.3 Å². The molecule has 68 valence electrons. The fourth-order valence-corrected chi connectivity index (χ4v) is 1.00. The summed E-state index contributed by atoms with van der Waals surface area (Å²) in [6.45, 7) is 0. The molecule has 5 heteroatoms. The van der Waals surface area contributed by atoms with Gasteiger partial charge < -0.3 is 5.32 Å². The quantitative estimate of drug-likeness (QED) is 0.627. The molecule has 1 aliphatic carbocycles. The van der Waals surface area contributed by atoms with Gasteiger partial charge in [-0.3, -0.25) is 10.1 Å². The average Bonchev–Trinajstić information content (AvgIpc) is 1.97. The van der Waals surface area contributed by atoms with E-state index in [1.807, 2.05) is 0 Å². The van der Waals surface area contributed by atoms with E-state index in [0.29, 0.717) is 0 Å². The Hall–Kier alpha value is -0.770. The van der Waals surface area contributed by atoms with Crippen LogP contribution in [0, 0.1) is 0 Å². The second kappa shape index (κ2) is 4.30. The zero-order chi connectivity index (χ0) is 8.97. The molecule has 12 heavy (non-hydrogen) atoms. The number of carbonyl (C=O) groups excluding carboxylic acids is 2. The first kappa shape index (κ1) is 9.32. The molecule has 0 aromatic carbocycles. The van der Waals surface area contributed by atoms with E-state index < -0.39 is 11.9 Å². The van der Waals surface area contributed by atoms with Crippen LogP contribution in [0.2, 0.25) is 0 Å². The van der Waals surface area contributed by atoms with Gasteiger partial charge in [0, 0.05) is 6.04 Å². The van der Waals surface area contributed by atoms with Gasteiger partial charge in [-0.25, -0.2) is 4.79 Å². The van der Waals surface area contributed by atoms with Crippen LogP contribution < -0.4 is 10.6 Å². The number of imide groups is 1. The summed E-state index contributed by atoms with van der Waals surface area (Å²) in [5.41, 5.74) is 0. The highest BCUT2D eigenvalue weighted by Crippen LogP contribution is 2.17. The van der Waals surface area contributed by atoms with E-state index in [0.717, 1.165) is 19.3 Å². The fraction of sp³-hybridized carbons (Fsp3) is 0.714. The van der Waals surface area contributed by atoms with Crippen molar-refractivity contribution in [1.29, 1.82) is 0 Å². The van der Waals surface area contributed by atoms with Gasteiger partial charge in [0.2, 0.25) is 5.91 Å². The maximum Gasteiger partial charge on any atom is 0.321 e. The highest BCUT2D eigenvalue weighted by molar-refractivity contribution is 6.28. The first-order chi connectivity index (χ1) is 5.72. The summed E-state index contributed by atoms with van der Waals surface area (Å²) in [5, 5.41) is 4.76. The lowest BCUT2D eigenvalue weighted by Gasteiger charge is -2.25. The molecule has 0 radical (unpaired) electrons. The predicted molar refractivity (Wildman–Crippen MR) is 45.0 cm³/mol. The van der Waals surface area contributed by atoms with E-state index in [-0.39, 0.29) is 11.9 Å². The molecule has 2 N–H and O–H groups in total. The van der Waals surface area contributed by atoms with Gasteiger partial charge >= 0.3 is 6.03 Å². The van der Waals surface area contributed by atoms with Crippen LogP contribution in [0.15, 0.2) is 0 Å². The smallest absolute Gasteiger partial charge is 0.321 e. The molecule has 0 bridgehead atoms. The highest BCUT2D eigenvalue weighted by atomic mass is 35.5. The topological polar surface area (TPSA) is 58.2 Å². The Balaban J connectivity index is 2.14. The number of alkyl halides is 1. The zero-order valence-corrected chi connectivity index (χ0v) is 7.36. The Morgan fingerprint density at radius 3 is 2.50 bits per heavy atom. The van der Waals surface area contributed by atoms with Crippen LogP contribution in [-0.2, 0) is 4.79 Å². The van der Waals surface area contributed by atoms with Crippen molar-refractivity contribution >= 4 is 23.5 Å². The number of hydrogen-bond donors (Lipinski definition) is 2. The molecule has 0 spiro atoms. The lowest BCUT2D eigenvalue weighted by molar-refractivity contribution is -0.117. The zero-order valence-electron chi connectivity index (χ0n) is 6.60. The van der Waals surface area contributed by atoms with Crippen LogP contribution in [0.4, 0.5) is 4.79 Å². The first-order valence-electron chi connectivity index (χ1n) is 3.88. The van der Waals surface area contributed by atoms with Crippen molar-refractivity contribution in [3.05, 3.63) is 0 Å². The van der Waals surface area contributed by atoms with E-state index in [4.69, 9.17) is 11.6 Å². The van der Waals surface area contributed by atoms with Crippen LogP contribution >= 0.6 is 11.6 Å². The van der Waals surface area contributed by atoms with Crippen LogP contribution in [0.1, 0.15) is 19.3 Å². The molecule has 0 unspecified atom stereocenters. The Bertz CT molecular complexity index is 192. The normalized spacial score (nSPS) is 16.4. The minimum atomic E-state index is -0.464. The van der Waals surface area contributed by atoms with Crippen molar-refractivity contribution in [3.8, 4) is 0 Å². The maximum atomic E-state index is 10.9. The Kier molecular flexibility index (Phi) is 3.34. The van der Waals surface area contributed by atoms with Crippen molar-refractivity contribution in [1.82, 2.24) is 10.6 Å². The summed E-state index contributed by atoms with van der Waals surface area (Å²) in [5.74, 6) is -0.647. The number of carbonyl (C=O) groups is 2. The molecule has 0 aromatic rings. The predicted octanol–water partition coefficient (Wildman–Crippen LogP) is 0.603. The minimum absolute atomic E-state index is 0.182. The average molecular weight is 191 g/mol. The molecule has 0 aliphatic heterocycles. The molecular weight excluding hydrogens is 180 g/mol. The fourth-order valence-electron chi connectivity index (χ4n) is 0.934. The molecule has 1 fully saturated rings. The molecule has 0 atom stereocenters. The van der Waals surface area contributed by atoms with E-state index >= 15 is 0 Å². The molecule has 4 nitrogen and oxygen atoms in total. The standard InChI is InChI=1S/C7H11ClN2O2/c8-4-6(11)10-7(12)9-5-2-1-3-5/h5H,1-4H2,(H2,9,10,11,12). The number of amides is 3. The minimum Gasteiger partial charge on any atom is -0.335 e. The molecule has 0 saturated heterocycles. The summed E-state index contributed by atoms with van der Waals surface area (Å²) in [7, 11) is 0. The van der Waals surface area contributed by atoms with Gasteiger partial charge in [0.05, 0.1) is 0 Å². The van der Waals surface area contributed by atoms with E-state index in [1.165, 1.54) is 0 Å². The molecular formula is C7H11ClN2O2. The van der Waals surface area contributed by atoms with E-state index in [1.54, 1.807) is 0 Å². The lowest BCUT2D eigenvalue weighted by atomic mass is 9.93. The second-order valence-electron chi connectivity index (χ2n) is 2.78. The van der Waals surface area contributed by atoms with Gasteiger partial charge in [0.15, 0.2) is 0 Å². The van der Waals surface area contributed by atoms with Crippen LogP contribution in [-0.4, -0.2) is 23.9 Å². The highest BCUT2D eigenvalue weighted by Gasteiger charge is 2.19. The van der Waals surface area contributed by atoms with Gasteiger partial charge in [-0.2, -0.15) is 0 Å². The third-order valence-electron chi connectivity index (χ3n) is 1.81. The van der Waals surface area contributed by atoms with Gasteiger partial charge in [0.1, 0.15) is 5.88 Å². The molecule has 0 heterocycles. The summed E-state index contributed by atoms with van der Waals surface area (Å²) in [6, 6.07) is -0.196. The largest absolute Gasteiger partial charge is 0.335 e. The summed E-state index contributed by atoms with van der Waals surface area (Å²) < 4.78 is 0. The Morgan fingerprint density at radius 1 is 1.42 bits per heavy atom. The molecule has 1 aliphatic rings. The third kappa shape index (κ3) is 2.70. The van der Waals surface area contributed by atoms with Gasteiger partial charge in [-0.05, 0) is 19.3 Å². The molecule has 1 saturated carbocycles. The van der Waals surface area contributed by atoms with E-state index in [9.17, 15) is 9.59 Å². The van der Waals surface area contributed by atoms with Crippen molar-refractivity contribution in [2.75, 3.05) is 5.88 Å². The SMILES string of the molecule is O=C(CCl)NC(=O)NC1CCC1. The maximum absolute atomic E-state index is 10.9. The lowest BCUT2D eigenvalue weighted by Crippen LogP contribution is -2.47. The van der Waals surface area contributed by atoms with Crippen molar-refractivity contribution in [2.24, 2.45) is 0 Å². The first-order valence-corrected chi connectivity index (χ1v) is 4.42. The molecule has 1 rings (SSSR count). The van der Waals surface area contributed by atoms with E-state index in [2.05, 4.69) is 10.6 Å². The third-order valence-corrected chi connectivity index (χ3v) is 2.06. The Labute approximate surface area is 75.6 Å². The van der Waals surface area contributed by atoms with Gasteiger partial charge in [-0.1, -0.05) is 0 Å². The van der Waals surface area contributed by atoms with Crippen LogP contribution in [0.25, 0.3) is 0 Å². The van der Waals surface area contributed by atoms with Crippen molar-refractivity contribution in [3.63, 3.8) is 0 Å². The number of halogens is 1. The second-order valence-corrected chi connectivity index (χ2v) is 3.05. The number of nitrogens with one attached hydrogen (secondary N) is 2. The summed E-state index contributed by atoms with van der Waals surface area (Å²) >= 11 is 5.19. The van der Waals surface area contributed by atoms with Crippen LogP contribution in [0.5, 0.6) is 0 Å². The van der Waals surface area contributed by atoms with Gasteiger partial charge in [-0.15, -0.1) is 11.6 Å².